The number of carbonyl (C=O) groups excluding carboxylic acids is 1. The van der Waals surface area contributed by atoms with Gasteiger partial charge in [-0.05, 0) is 44.5 Å². The summed E-state index contributed by atoms with van der Waals surface area (Å²) in [5.41, 5.74) is -0.220. The minimum Gasteiger partial charge on any atom is -0.494 e. The summed E-state index contributed by atoms with van der Waals surface area (Å²) in [5.74, 6) is -2.86. The lowest BCUT2D eigenvalue weighted by atomic mass is 10.1. The van der Waals surface area contributed by atoms with Gasteiger partial charge in [0.2, 0.25) is 5.82 Å². The molecular weight excluding hydrogens is 302 g/mol. The lowest BCUT2D eigenvalue weighted by Gasteiger charge is -2.32. The van der Waals surface area contributed by atoms with Gasteiger partial charge in [0, 0.05) is 19.1 Å². The summed E-state index contributed by atoms with van der Waals surface area (Å²) in [6.07, 6.45) is 4.56. The predicted molar refractivity (Wildman–Crippen MR) is 82.6 cm³/mol. The van der Waals surface area contributed by atoms with E-state index in [1.165, 1.54) is 38.5 Å². The van der Waals surface area contributed by atoms with Crippen LogP contribution in [0.15, 0.2) is 12.1 Å². The molecule has 3 rings (SSSR count). The minimum absolute atomic E-state index is 0.188. The van der Waals surface area contributed by atoms with Crippen LogP contribution in [0.4, 0.5) is 8.78 Å². The highest BCUT2D eigenvalue weighted by Gasteiger charge is 2.33. The number of carbonyl (C=O) groups is 1. The van der Waals surface area contributed by atoms with Crippen LogP contribution >= 0.6 is 0 Å². The number of piperidine rings is 1. The van der Waals surface area contributed by atoms with Gasteiger partial charge in [0.1, 0.15) is 0 Å². The number of likely N-dealkylation sites (tertiary alicyclic amines) is 2. The lowest BCUT2D eigenvalue weighted by Crippen LogP contribution is -2.41. The minimum atomic E-state index is -1.13. The van der Waals surface area contributed by atoms with E-state index in [1.54, 1.807) is 4.90 Å². The maximum Gasteiger partial charge on any atom is 0.256 e. The number of ether oxygens (including phenoxy) is 1. The molecule has 1 unspecified atom stereocenters. The van der Waals surface area contributed by atoms with Gasteiger partial charge in [-0.1, -0.05) is 6.42 Å². The Morgan fingerprint density at radius 2 is 1.87 bits per heavy atom. The standard InChI is InChI=1S/C17H22F2N2O2/c1-23-14-6-5-13(15(18)16(14)19)17(22)21-10-7-12(11-21)20-8-3-2-4-9-20/h5-6,12H,2-4,7-11H2,1H3. The Balaban J connectivity index is 1.70. The van der Waals surface area contributed by atoms with Gasteiger partial charge in [0.15, 0.2) is 11.6 Å². The monoisotopic (exact) mass is 324 g/mol. The molecule has 2 heterocycles. The Labute approximate surface area is 135 Å². The zero-order valence-electron chi connectivity index (χ0n) is 13.4. The summed E-state index contributed by atoms with van der Waals surface area (Å²) in [6, 6.07) is 2.93. The largest absolute Gasteiger partial charge is 0.494 e. The average Bonchev–Trinajstić information content (AvgIpc) is 3.07. The van der Waals surface area contributed by atoms with E-state index < -0.39 is 17.5 Å². The van der Waals surface area contributed by atoms with Crippen molar-refractivity contribution in [1.29, 1.82) is 0 Å². The molecule has 2 aliphatic rings. The lowest BCUT2D eigenvalue weighted by molar-refractivity contribution is 0.0765. The molecule has 1 amide bonds. The van der Waals surface area contributed by atoms with E-state index in [2.05, 4.69) is 4.90 Å². The van der Waals surface area contributed by atoms with E-state index in [0.29, 0.717) is 19.1 Å². The molecule has 1 aromatic carbocycles. The van der Waals surface area contributed by atoms with Crippen molar-refractivity contribution in [2.24, 2.45) is 0 Å². The fourth-order valence-electron chi connectivity index (χ4n) is 3.53. The van der Waals surface area contributed by atoms with Crippen LogP contribution in [0.5, 0.6) is 5.75 Å². The van der Waals surface area contributed by atoms with Crippen LogP contribution in [0, 0.1) is 11.6 Å². The van der Waals surface area contributed by atoms with Gasteiger partial charge in [-0.3, -0.25) is 9.69 Å². The molecule has 23 heavy (non-hydrogen) atoms. The van der Waals surface area contributed by atoms with Crippen molar-refractivity contribution in [3.63, 3.8) is 0 Å². The first-order chi connectivity index (χ1) is 11.1. The van der Waals surface area contributed by atoms with Crippen molar-refractivity contribution in [1.82, 2.24) is 9.80 Å². The number of benzene rings is 1. The molecule has 0 spiro atoms. The van der Waals surface area contributed by atoms with Crippen molar-refractivity contribution in [3.8, 4) is 5.75 Å². The van der Waals surface area contributed by atoms with Gasteiger partial charge < -0.3 is 9.64 Å². The highest BCUT2D eigenvalue weighted by atomic mass is 19.2. The first-order valence-corrected chi connectivity index (χ1v) is 8.17. The Morgan fingerprint density at radius 3 is 2.57 bits per heavy atom. The van der Waals surface area contributed by atoms with Crippen LogP contribution in [0.25, 0.3) is 0 Å². The Morgan fingerprint density at radius 1 is 1.13 bits per heavy atom. The third-order valence-electron chi connectivity index (χ3n) is 4.85. The van der Waals surface area contributed by atoms with Crippen LogP contribution in [-0.4, -0.2) is 55.0 Å². The molecule has 1 atom stereocenters. The number of hydrogen-bond donors (Lipinski definition) is 0. The molecule has 126 valence electrons. The summed E-state index contributed by atoms with van der Waals surface area (Å²) in [4.78, 5) is 16.6. The van der Waals surface area contributed by atoms with Crippen molar-refractivity contribution in [2.45, 2.75) is 31.7 Å². The predicted octanol–water partition coefficient (Wildman–Crippen LogP) is 2.67. The molecule has 2 saturated heterocycles. The Hall–Kier alpha value is -1.69. The summed E-state index contributed by atoms with van der Waals surface area (Å²) in [7, 11) is 1.27. The first-order valence-electron chi connectivity index (χ1n) is 8.17. The third kappa shape index (κ3) is 3.17. The highest BCUT2D eigenvalue weighted by molar-refractivity contribution is 5.95. The van der Waals surface area contributed by atoms with Crippen LogP contribution in [0.1, 0.15) is 36.0 Å². The molecule has 0 saturated carbocycles. The van der Waals surface area contributed by atoms with Crippen molar-refractivity contribution in [3.05, 3.63) is 29.3 Å². The summed E-state index contributed by atoms with van der Waals surface area (Å²) in [5, 5.41) is 0. The van der Waals surface area contributed by atoms with Gasteiger partial charge in [-0.15, -0.1) is 0 Å². The van der Waals surface area contributed by atoms with E-state index in [4.69, 9.17) is 4.74 Å². The van der Waals surface area contributed by atoms with Crippen molar-refractivity contribution < 1.29 is 18.3 Å². The number of amides is 1. The molecular formula is C17H22F2N2O2. The molecule has 2 fully saturated rings. The molecule has 1 aromatic rings. The fraction of sp³-hybridized carbons (Fsp3) is 0.588. The molecule has 0 aliphatic carbocycles. The number of halogens is 2. The van der Waals surface area contributed by atoms with Gasteiger partial charge in [-0.25, -0.2) is 4.39 Å². The maximum absolute atomic E-state index is 14.1. The molecule has 6 heteroatoms. The molecule has 0 aromatic heterocycles. The third-order valence-corrected chi connectivity index (χ3v) is 4.85. The van der Waals surface area contributed by atoms with E-state index in [9.17, 15) is 13.6 Å². The van der Waals surface area contributed by atoms with Crippen LogP contribution < -0.4 is 4.74 Å². The average molecular weight is 324 g/mol. The SMILES string of the molecule is COc1ccc(C(=O)N2CCC(N3CCCCC3)C2)c(F)c1F. The van der Waals surface area contributed by atoms with E-state index in [-0.39, 0.29) is 11.3 Å². The topological polar surface area (TPSA) is 32.8 Å². The van der Waals surface area contributed by atoms with Gasteiger partial charge in [-0.2, -0.15) is 4.39 Å². The Bertz CT molecular complexity index is 588. The van der Waals surface area contributed by atoms with E-state index >= 15 is 0 Å². The quantitative estimate of drug-likeness (QED) is 0.857. The summed E-state index contributed by atoms with van der Waals surface area (Å²) in [6.45, 7) is 3.31. The smallest absolute Gasteiger partial charge is 0.256 e. The van der Waals surface area contributed by atoms with Gasteiger partial charge in [0.25, 0.3) is 5.91 Å². The molecule has 0 radical (unpaired) electrons. The zero-order chi connectivity index (χ0) is 16.4. The molecule has 4 nitrogen and oxygen atoms in total. The van der Waals surface area contributed by atoms with Crippen LogP contribution in [-0.2, 0) is 0 Å². The number of methoxy groups -OCH3 is 1. The van der Waals surface area contributed by atoms with Gasteiger partial charge >= 0.3 is 0 Å². The van der Waals surface area contributed by atoms with Gasteiger partial charge in [0.05, 0.1) is 12.7 Å². The molecule has 0 N–H and O–H groups in total. The summed E-state index contributed by atoms with van der Waals surface area (Å²) < 4.78 is 32.6. The normalized spacial score (nSPS) is 22.4. The highest BCUT2D eigenvalue weighted by Crippen LogP contribution is 2.26. The Kier molecular flexibility index (Phi) is 4.80. The second-order valence-electron chi connectivity index (χ2n) is 6.23. The molecule has 0 bridgehead atoms. The summed E-state index contributed by atoms with van der Waals surface area (Å²) >= 11 is 0. The van der Waals surface area contributed by atoms with Crippen LogP contribution in [0.3, 0.4) is 0 Å². The number of rotatable bonds is 3. The van der Waals surface area contributed by atoms with Crippen molar-refractivity contribution >= 4 is 5.91 Å². The van der Waals surface area contributed by atoms with E-state index in [0.717, 1.165) is 19.5 Å². The fourth-order valence-corrected chi connectivity index (χ4v) is 3.53. The van der Waals surface area contributed by atoms with E-state index in [1.807, 2.05) is 0 Å². The van der Waals surface area contributed by atoms with Crippen molar-refractivity contribution in [2.75, 3.05) is 33.3 Å². The second-order valence-corrected chi connectivity index (χ2v) is 6.23. The first kappa shape index (κ1) is 16.2. The zero-order valence-corrected chi connectivity index (χ0v) is 13.4. The number of nitrogens with zero attached hydrogens (tertiary/aromatic N) is 2. The maximum atomic E-state index is 14.1. The second kappa shape index (κ2) is 6.83. The number of hydrogen-bond acceptors (Lipinski definition) is 3. The molecule has 2 aliphatic heterocycles. The van der Waals surface area contributed by atoms with Crippen LogP contribution in [0.2, 0.25) is 0 Å².